The molecule has 1 aromatic carbocycles. The monoisotopic (exact) mass is 446 g/mol. The number of nitrogens with one attached hydrogen (secondary N) is 2. The van der Waals surface area contributed by atoms with Gasteiger partial charge in [0.15, 0.2) is 5.96 Å². The van der Waals surface area contributed by atoms with Crippen LogP contribution < -0.4 is 10.6 Å². The van der Waals surface area contributed by atoms with Gasteiger partial charge in [0.2, 0.25) is 5.91 Å². The van der Waals surface area contributed by atoms with Crippen LogP contribution in [0.25, 0.3) is 0 Å². The Morgan fingerprint density at radius 3 is 2.50 bits per heavy atom. The molecule has 1 aromatic rings. The molecule has 0 saturated carbocycles. The number of halogens is 1. The third-order valence-corrected chi connectivity index (χ3v) is 3.56. The van der Waals surface area contributed by atoms with Crippen LogP contribution in [0.4, 0.5) is 0 Å². The number of hydrogen-bond acceptors (Lipinski definition) is 2. The van der Waals surface area contributed by atoms with Crippen LogP contribution >= 0.6 is 24.0 Å². The summed E-state index contributed by atoms with van der Waals surface area (Å²) >= 11 is 0. The molecule has 1 amide bonds. The Bertz CT molecular complexity index is 532. The number of benzene rings is 1. The summed E-state index contributed by atoms with van der Waals surface area (Å²) in [5.74, 6) is 0.934. The van der Waals surface area contributed by atoms with E-state index in [9.17, 15) is 4.79 Å². The maximum Gasteiger partial charge on any atom is 0.222 e. The van der Waals surface area contributed by atoms with Crippen molar-refractivity contribution in [1.29, 1.82) is 0 Å². The van der Waals surface area contributed by atoms with Gasteiger partial charge in [0.1, 0.15) is 0 Å². The molecule has 0 unspecified atom stereocenters. The summed E-state index contributed by atoms with van der Waals surface area (Å²) < 4.78 is 0. The highest BCUT2D eigenvalue weighted by Crippen LogP contribution is 2.09. The molecule has 0 aliphatic carbocycles. The second-order valence-electron chi connectivity index (χ2n) is 5.96. The van der Waals surface area contributed by atoms with Gasteiger partial charge in [-0.05, 0) is 25.0 Å². The van der Waals surface area contributed by atoms with E-state index in [4.69, 9.17) is 0 Å². The highest BCUT2D eigenvalue weighted by atomic mass is 127. The van der Waals surface area contributed by atoms with E-state index < -0.39 is 0 Å². The fourth-order valence-corrected chi connectivity index (χ4v) is 2.13. The first kappa shape index (κ1) is 22.7. The van der Waals surface area contributed by atoms with Crippen LogP contribution in [0.5, 0.6) is 0 Å². The zero-order valence-electron chi connectivity index (χ0n) is 15.4. The molecule has 136 valence electrons. The van der Waals surface area contributed by atoms with Gasteiger partial charge in [0.25, 0.3) is 0 Å². The first-order valence-electron chi connectivity index (χ1n) is 8.27. The zero-order valence-corrected chi connectivity index (χ0v) is 17.8. The lowest BCUT2D eigenvalue weighted by atomic mass is 10.1. The Hall–Kier alpha value is -1.31. The molecule has 0 aromatic heterocycles. The summed E-state index contributed by atoms with van der Waals surface area (Å²) in [6.07, 6.45) is 0. The number of carbonyl (C=O) groups excluding carboxylic acids is 1. The SMILES string of the molecule is CCNC(=NCCNC(=O)C(C)C)N(C)Cc1ccccc1C.I. The molecule has 0 bridgehead atoms. The number of rotatable bonds is 7. The van der Waals surface area contributed by atoms with Crippen molar-refractivity contribution >= 4 is 35.8 Å². The zero-order chi connectivity index (χ0) is 17.2. The van der Waals surface area contributed by atoms with Gasteiger partial charge >= 0.3 is 0 Å². The Kier molecular flexibility index (Phi) is 11.4. The number of carbonyl (C=O) groups is 1. The molecule has 1 rings (SSSR count). The number of aryl methyl sites for hydroxylation is 1. The van der Waals surface area contributed by atoms with Gasteiger partial charge in [0, 0.05) is 32.6 Å². The summed E-state index contributed by atoms with van der Waals surface area (Å²) in [6, 6.07) is 8.37. The minimum Gasteiger partial charge on any atom is -0.357 e. The van der Waals surface area contributed by atoms with Crippen molar-refractivity contribution in [2.45, 2.75) is 34.2 Å². The lowest BCUT2D eigenvalue weighted by Gasteiger charge is -2.23. The first-order valence-corrected chi connectivity index (χ1v) is 8.27. The van der Waals surface area contributed by atoms with Crippen molar-refractivity contribution < 1.29 is 4.79 Å². The van der Waals surface area contributed by atoms with E-state index in [-0.39, 0.29) is 35.8 Å². The third kappa shape index (κ3) is 7.99. The first-order chi connectivity index (χ1) is 11.0. The fourth-order valence-electron chi connectivity index (χ4n) is 2.13. The minimum absolute atomic E-state index is 0. The molecule has 24 heavy (non-hydrogen) atoms. The van der Waals surface area contributed by atoms with Crippen molar-refractivity contribution in [2.75, 3.05) is 26.7 Å². The standard InChI is InChI=1S/C18H30N4O.HI/c1-6-19-18(21-12-11-20-17(23)14(2)3)22(5)13-16-10-8-7-9-15(16)4;/h7-10,14H,6,11-13H2,1-5H3,(H,19,21)(H,20,23);1H. The second-order valence-corrected chi connectivity index (χ2v) is 5.96. The number of aliphatic imine (C=N–C) groups is 1. The van der Waals surface area contributed by atoms with Crippen LogP contribution in [0, 0.1) is 12.8 Å². The molecule has 0 heterocycles. The average Bonchev–Trinajstić information content (AvgIpc) is 2.52. The summed E-state index contributed by atoms with van der Waals surface area (Å²) in [4.78, 5) is 18.2. The van der Waals surface area contributed by atoms with E-state index in [1.807, 2.05) is 20.9 Å². The van der Waals surface area contributed by atoms with Gasteiger partial charge in [-0.3, -0.25) is 9.79 Å². The molecule has 6 heteroatoms. The summed E-state index contributed by atoms with van der Waals surface area (Å²) in [5, 5.41) is 6.18. The number of amides is 1. The number of nitrogens with zero attached hydrogens (tertiary/aromatic N) is 2. The van der Waals surface area contributed by atoms with Crippen molar-refractivity contribution in [2.24, 2.45) is 10.9 Å². The molecule has 0 spiro atoms. The van der Waals surface area contributed by atoms with Gasteiger partial charge in [-0.2, -0.15) is 0 Å². The Morgan fingerprint density at radius 1 is 1.25 bits per heavy atom. The van der Waals surface area contributed by atoms with Gasteiger partial charge in [-0.25, -0.2) is 0 Å². The molecule has 0 saturated heterocycles. The molecular formula is C18H31IN4O. The third-order valence-electron chi connectivity index (χ3n) is 3.56. The normalized spacial score (nSPS) is 11.0. The minimum atomic E-state index is 0. The van der Waals surface area contributed by atoms with Crippen LogP contribution in [-0.4, -0.2) is 43.4 Å². The van der Waals surface area contributed by atoms with E-state index in [0.29, 0.717) is 13.1 Å². The molecular weight excluding hydrogens is 415 g/mol. The van der Waals surface area contributed by atoms with Crippen molar-refractivity contribution in [1.82, 2.24) is 15.5 Å². The van der Waals surface area contributed by atoms with E-state index in [1.54, 1.807) is 0 Å². The maximum absolute atomic E-state index is 11.5. The molecule has 0 aliphatic rings. The van der Waals surface area contributed by atoms with Crippen molar-refractivity contribution in [3.8, 4) is 0 Å². The van der Waals surface area contributed by atoms with Gasteiger partial charge in [0.05, 0.1) is 6.54 Å². The van der Waals surface area contributed by atoms with Crippen LogP contribution in [0.1, 0.15) is 31.9 Å². The highest BCUT2D eigenvalue weighted by molar-refractivity contribution is 14.0. The smallest absolute Gasteiger partial charge is 0.222 e. The van der Waals surface area contributed by atoms with Crippen LogP contribution in [-0.2, 0) is 11.3 Å². The lowest BCUT2D eigenvalue weighted by molar-refractivity contribution is -0.123. The molecule has 0 atom stereocenters. The van der Waals surface area contributed by atoms with Crippen molar-refractivity contribution in [3.63, 3.8) is 0 Å². The number of guanidine groups is 1. The van der Waals surface area contributed by atoms with Gasteiger partial charge in [-0.1, -0.05) is 38.1 Å². The van der Waals surface area contributed by atoms with E-state index in [1.165, 1.54) is 11.1 Å². The predicted octanol–water partition coefficient (Wildman–Crippen LogP) is 2.78. The quantitative estimate of drug-likeness (QED) is 0.293. The highest BCUT2D eigenvalue weighted by Gasteiger charge is 2.08. The Labute approximate surface area is 163 Å². The second kappa shape index (κ2) is 12.1. The van der Waals surface area contributed by atoms with Crippen molar-refractivity contribution in [3.05, 3.63) is 35.4 Å². The largest absolute Gasteiger partial charge is 0.357 e. The summed E-state index contributed by atoms with van der Waals surface area (Å²) in [7, 11) is 2.03. The topological polar surface area (TPSA) is 56.7 Å². The van der Waals surface area contributed by atoms with Crippen LogP contribution in [0.3, 0.4) is 0 Å². The summed E-state index contributed by atoms with van der Waals surface area (Å²) in [6.45, 7) is 10.7. The summed E-state index contributed by atoms with van der Waals surface area (Å²) in [5.41, 5.74) is 2.56. The fraction of sp³-hybridized carbons (Fsp3) is 0.556. The average molecular weight is 446 g/mol. The maximum atomic E-state index is 11.5. The lowest BCUT2D eigenvalue weighted by Crippen LogP contribution is -2.39. The predicted molar refractivity (Wildman–Crippen MR) is 112 cm³/mol. The number of hydrogen-bond donors (Lipinski definition) is 2. The van der Waals surface area contributed by atoms with E-state index in [0.717, 1.165) is 19.0 Å². The molecule has 5 nitrogen and oxygen atoms in total. The van der Waals surface area contributed by atoms with Gasteiger partial charge in [-0.15, -0.1) is 24.0 Å². The Morgan fingerprint density at radius 2 is 1.92 bits per heavy atom. The van der Waals surface area contributed by atoms with Gasteiger partial charge < -0.3 is 15.5 Å². The molecule has 0 fully saturated rings. The van der Waals surface area contributed by atoms with E-state index >= 15 is 0 Å². The molecule has 0 aliphatic heterocycles. The molecule has 2 N–H and O–H groups in total. The van der Waals surface area contributed by atoms with Crippen LogP contribution in [0.15, 0.2) is 29.3 Å². The van der Waals surface area contributed by atoms with E-state index in [2.05, 4.69) is 58.6 Å². The van der Waals surface area contributed by atoms with Crippen LogP contribution in [0.2, 0.25) is 0 Å². The molecule has 0 radical (unpaired) electrons. The Balaban J connectivity index is 0.00000529.